The third-order valence-electron chi connectivity index (χ3n) is 3.08. The van der Waals surface area contributed by atoms with Gasteiger partial charge < -0.3 is 4.74 Å². The third-order valence-corrected chi connectivity index (χ3v) is 5.27. The summed E-state index contributed by atoms with van der Waals surface area (Å²) in [6.07, 6.45) is 0. The van der Waals surface area contributed by atoms with Crippen molar-refractivity contribution in [2.45, 2.75) is 11.8 Å². The first-order valence-electron chi connectivity index (χ1n) is 6.89. The van der Waals surface area contributed by atoms with Gasteiger partial charge in [0.2, 0.25) is 5.78 Å². The first-order valence-corrected chi connectivity index (χ1v) is 9.43. The number of hydrogen-bond donors (Lipinski definition) is 0. The van der Waals surface area contributed by atoms with Crippen molar-refractivity contribution in [1.29, 1.82) is 0 Å². The molecule has 0 aromatic heterocycles. The van der Waals surface area contributed by atoms with Crippen molar-refractivity contribution in [2.24, 2.45) is 0 Å². The molecule has 0 aliphatic carbocycles. The number of aryl methyl sites for hydroxylation is 1. The number of ketones is 1. The molecule has 126 valence electrons. The summed E-state index contributed by atoms with van der Waals surface area (Å²) >= 11 is 16.5. The van der Waals surface area contributed by atoms with Gasteiger partial charge in [-0.05, 0) is 48.9 Å². The predicted octanol–water partition coefficient (Wildman–Crippen LogP) is 5.58. The third kappa shape index (κ3) is 5.52. The first kappa shape index (κ1) is 19.3. The van der Waals surface area contributed by atoms with Gasteiger partial charge in [-0.3, -0.25) is 9.59 Å². The minimum absolute atomic E-state index is 0.129. The molecule has 0 radical (unpaired) electrons. The Kier molecular flexibility index (Phi) is 7.16. The van der Waals surface area contributed by atoms with Gasteiger partial charge in [-0.15, -0.1) is 11.8 Å². The highest BCUT2D eigenvalue weighted by Crippen LogP contribution is 2.25. The molecule has 0 saturated carbocycles. The van der Waals surface area contributed by atoms with Crippen LogP contribution in [0.1, 0.15) is 15.9 Å². The van der Waals surface area contributed by atoms with Crippen LogP contribution in [-0.2, 0) is 9.53 Å². The summed E-state index contributed by atoms with van der Waals surface area (Å²) in [6, 6.07) is 10.4. The molecule has 0 spiro atoms. The van der Waals surface area contributed by atoms with Crippen LogP contribution in [0.2, 0.25) is 10.0 Å². The van der Waals surface area contributed by atoms with E-state index in [1.54, 1.807) is 6.07 Å². The number of carbonyl (C=O) groups excluding carboxylic acids is 2. The summed E-state index contributed by atoms with van der Waals surface area (Å²) in [5.41, 5.74) is 1.34. The lowest BCUT2D eigenvalue weighted by molar-refractivity contribution is -0.139. The largest absolute Gasteiger partial charge is 0.457 e. The maximum Gasteiger partial charge on any atom is 0.316 e. The van der Waals surface area contributed by atoms with Crippen LogP contribution in [0.15, 0.2) is 45.8 Å². The zero-order chi connectivity index (χ0) is 17.7. The van der Waals surface area contributed by atoms with Gasteiger partial charge in [0.15, 0.2) is 6.61 Å². The summed E-state index contributed by atoms with van der Waals surface area (Å²) in [4.78, 5) is 24.8. The quantitative estimate of drug-likeness (QED) is 0.329. The minimum atomic E-state index is -0.458. The van der Waals surface area contributed by atoms with E-state index < -0.39 is 5.97 Å². The molecule has 0 saturated heterocycles. The Morgan fingerprint density at radius 1 is 1.17 bits per heavy atom. The molecule has 2 aromatic carbocycles. The molecule has 0 fully saturated rings. The SMILES string of the molecule is Cc1cc(Br)ccc1SCC(=O)OCC(=O)c1ccc(Cl)cc1Cl. The highest BCUT2D eigenvalue weighted by atomic mass is 79.9. The standard InChI is InChI=1S/C17H13BrCl2O3S/c1-10-6-11(18)2-5-16(10)24-9-17(22)23-8-15(21)13-4-3-12(19)7-14(13)20/h2-7H,8-9H2,1H3. The minimum Gasteiger partial charge on any atom is -0.457 e. The summed E-state index contributed by atoms with van der Waals surface area (Å²) < 4.78 is 6.00. The highest BCUT2D eigenvalue weighted by molar-refractivity contribution is 9.10. The summed E-state index contributed by atoms with van der Waals surface area (Å²) in [5.74, 6) is -0.694. The monoisotopic (exact) mass is 446 g/mol. The van der Waals surface area contributed by atoms with Crippen LogP contribution >= 0.6 is 50.9 Å². The lowest BCUT2D eigenvalue weighted by atomic mass is 10.1. The number of thioether (sulfide) groups is 1. The number of benzene rings is 2. The molecule has 0 aliphatic rings. The Bertz CT molecular complexity index is 780. The molecule has 0 atom stereocenters. The number of halogens is 3. The topological polar surface area (TPSA) is 43.4 Å². The predicted molar refractivity (Wildman–Crippen MR) is 101 cm³/mol. The fourth-order valence-electron chi connectivity index (χ4n) is 1.89. The molecular weight excluding hydrogens is 435 g/mol. The molecule has 2 aromatic rings. The Balaban J connectivity index is 1.85. The van der Waals surface area contributed by atoms with Crippen molar-refractivity contribution in [2.75, 3.05) is 12.4 Å². The average molecular weight is 448 g/mol. The fraction of sp³-hybridized carbons (Fsp3) is 0.176. The zero-order valence-electron chi connectivity index (χ0n) is 12.6. The van der Waals surface area contributed by atoms with Gasteiger partial charge in [0.25, 0.3) is 0 Å². The Morgan fingerprint density at radius 3 is 2.58 bits per heavy atom. The van der Waals surface area contributed by atoms with E-state index in [9.17, 15) is 9.59 Å². The van der Waals surface area contributed by atoms with Gasteiger partial charge in [0, 0.05) is 20.0 Å². The molecule has 0 unspecified atom stereocenters. The van der Waals surface area contributed by atoms with Gasteiger partial charge >= 0.3 is 5.97 Å². The summed E-state index contributed by atoms with van der Waals surface area (Å²) in [6.45, 7) is 1.62. The number of esters is 1. The number of hydrogen-bond acceptors (Lipinski definition) is 4. The van der Waals surface area contributed by atoms with Crippen molar-refractivity contribution in [3.8, 4) is 0 Å². The molecule has 0 bridgehead atoms. The number of Topliss-reactive ketones (excluding diaryl/α,β-unsaturated/α-hetero) is 1. The van der Waals surface area contributed by atoms with E-state index in [1.165, 1.54) is 23.9 Å². The van der Waals surface area contributed by atoms with Gasteiger partial charge in [-0.2, -0.15) is 0 Å². The molecular formula is C17H13BrCl2O3S. The normalized spacial score (nSPS) is 10.5. The highest BCUT2D eigenvalue weighted by Gasteiger charge is 2.14. The maximum atomic E-state index is 12.0. The lowest BCUT2D eigenvalue weighted by Gasteiger charge is -2.07. The van der Waals surface area contributed by atoms with Crippen molar-refractivity contribution < 1.29 is 14.3 Å². The Morgan fingerprint density at radius 2 is 1.92 bits per heavy atom. The van der Waals surface area contributed by atoms with Crippen LogP contribution in [0, 0.1) is 6.92 Å². The molecule has 0 N–H and O–H groups in total. The second-order valence-corrected chi connectivity index (χ2v) is 7.68. The van der Waals surface area contributed by atoms with Gasteiger partial charge in [-0.1, -0.05) is 39.1 Å². The molecule has 3 nitrogen and oxygen atoms in total. The van der Waals surface area contributed by atoms with Crippen LogP contribution in [0.3, 0.4) is 0 Å². The van der Waals surface area contributed by atoms with Crippen LogP contribution in [0.5, 0.6) is 0 Å². The average Bonchev–Trinajstić information content (AvgIpc) is 2.51. The number of rotatable bonds is 6. The second kappa shape index (κ2) is 8.90. The van der Waals surface area contributed by atoms with Gasteiger partial charge in [0.1, 0.15) is 0 Å². The molecule has 24 heavy (non-hydrogen) atoms. The maximum absolute atomic E-state index is 12.0. The molecule has 7 heteroatoms. The fourth-order valence-corrected chi connectivity index (χ4v) is 3.69. The van der Waals surface area contributed by atoms with E-state index >= 15 is 0 Å². The molecule has 0 amide bonds. The van der Waals surface area contributed by atoms with E-state index in [0.717, 1.165) is 14.9 Å². The zero-order valence-corrected chi connectivity index (χ0v) is 16.6. The summed E-state index contributed by atoms with van der Waals surface area (Å²) in [5, 5.41) is 0.679. The van der Waals surface area contributed by atoms with Gasteiger partial charge in [-0.25, -0.2) is 0 Å². The smallest absolute Gasteiger partial charge is 0.316 e. The number of carbonyl (C=O) groups is 2. The van der Waals surface area contributed by atoms with Crippen LogP contribution in [-0.4, -0.2) is 24.1 Å². The van der Waals surface area contributed by atoms with Crippen molar-refractivity contribution in [3.63, 3.8) is 0 Å². The molecule has 2 rings (SSSR count). The van der Waals surface area contributed by atoms with E-state index in [-0.39, 0.29) is 28.7 Å². The van der Waals surface area contributed by atoms with E-state index in [1.807, 2.05) is 25.1 Å². The van der Waals surface area contributed by atoms with Crippen LogP contribution < -0.4 is 0 Å². The van der Waals surface area contributed by atoms with E-state index in [4.69, 9.17) is 27.9 Å². The Hall–Kier alpha value is -1.01. The first-order chi connectivity index (χ1) is 11.4. The number of ether oxygens (including phenoxy) is 1. The van der Waals surface area contributed by atoms with Crippen molar-refractivity contribution in [3.05, 3.63) is 62.0 Å². The van der Waals surface area contributed by atoms with Gasteiger partial charge in [0.05, 0.1) is 10.8 Å². The van der Waals surface area contributed by atoms with E-state index in [0.29, 0.717) is 5.02 Å². The van der Waals surface area contributed by atoms with Crippen LogP contribution in [0.25, 0.3) is 0 Å². The molecule has 0 heterocycles. The second-order valence-electron chi connectivity index (χ2n) is 4.91. The molecule has 0 aliphatic heterocycles. The lowest BCUT2D eigenvalue weighted by Crippen LogP contribution is -2.15. The van der Waals surface area contributed by atoms with Crippen molar-refractivity contribution in [1.82, 2.24) is 0 Å². The Labute approximate surface area is 162 Å². The van der Waals surface area contributed by atoms with E-state index in [2.05, 4.69) is 15.9 Å². The van der Waals surface area contributed by atoms with Crippen molar-refractivity contribution >= 4 is 62.6 Å². The summed E-state index contributed by atoms with van der Waals surface area (Å²) in [7, 11) is 0. The van der Waals surface area contributed by atoms with Crippen LogP contribution in [0.4, 0.5) is 0 Å².